The highest BCUT2D eigenvalue weighted by molar-refractivity contribution is 9.10. The van der Waals surface area contributed by atoms with Gasteiger partial charge in [0.15, 0.2) is 0 Å². The van der Waals surface area contributed by atoms with Crippen molar-refractivity contribution in [1.82, 2.24) is 0 Å². The van der Waals surface area contributed by atoms with Crippen LogP contribution in [0.5, 0.6) is 0 Å². The van der Waals surface area contributed by atoms with E-state index in [0.717, 1.165) is 34.5 Å². The van der Waals surface area contributed by atoms with Gasteiger partial charge in [-0.2, -0.15) is 11.8 Å². The summed E-state index contributed by atoms with van der Waals surface area (Å²) >= 11 is 11.3. The van der Waals surface area contributed by atoms with E-state index in [4.69, 9.17) is 16.3 Å². The molecule has 1 aliphatic heterocycles. The smallest absolute Gasteiger partial charge is 0.331 e. The van der Waals surface area contributed by atoms with Gasteiger partial charge in [0.05, 0.1) is 11.6 Å². The maximum Gasteiger partial charge on any atom is 0.331 e. The Kier molecular flexibility index (Phi) is 5.64. The van der Waals surface area contributed by atoms with Crippen molar-refractivity contribution in [2.45, 2.75) is 25.3 Å². The fraction of sp³-hybridized carbons (Fsp3) is 0.500. The third kappa shape index (κ3) is 3.62. The van der Waals surface area contributed by atoms with Crippen molar-refractivity contribution in [2.75, 3.05) is 23.4 Å². The van der Waals surface area contributed by atoms with Crippen molar-refractivity contribution in [3.8, 4) is 0 Å². The Morgan fingerprint density at radius 2 is 2.20 bits per heavy atom. The highest BCUT2D eigenvalue weighted by atomic mass is 79.9. The first kappa shape index (κ1) is 16.0. The summed E-state index contributed by atoms with van der Waals surface area (Å²) in [6.45, 7) is 2.24. The van der Waals surface area contributed by atoms with Gasteiger partial charge in [-0.15, -0.1) is 0 Å². The summed E-state index contributed by atoms with van der Waals surface area (Å²) in [6.07, 6.45) is 1.55. The van der Waals surface area contributed by atoms with Crippen LogP contribution < -0.4 is 5.32 Å². The molecule has 20 heavy (non-hydrogen) atoms. The number of ether oxygens (including phenoxy) is 1. The van der Waals surface area contributed by atoms with Crippen LogP contribution in [0, 0.1) is 0 Å². The van der Waals surface area contributed by atoms with Crippen molar-refractivity contribution >= 4 is 50.9 Å². The molecule has 1 aromatic carbocycles. The first-order valence-electron chi connectivity index (χ1n) is 6.55. The van der Waals surface area contributed by atoms with Crippen molar-refractivity contribution in [2.24, 2.45) is 0 Å². The van der Waals surface area contributed by atoms with Gasteiger partial charge < -0.3 is 10.1 Å². The number of anilines is 1. The number of carbonyl (C=O) groups is 1. The fourth-order valence-corrected chi connectivity index (χ4v) is 3.91. The number of carbonyl (C=O) groups excluding carboxylic acids is 1. The van der Waals surface area contributed by atoms with Gasteiger partial charge in [-0.3, -0.25) is 0 Å². The Labute approximate surface area is 136 Å². The van der Waals surface area contributed by atoms with Crippen LogP contribution in [0.2, 0.25) is 5.02 Å². The Morgan fingerprint density at radius 3 is 2.80 bits per heavy atom. The molecule has 110 valence electrons. The minimum Gasteiger partial charge on any atom is -0.464 e. The number of esters is 1. The molecule has 1 N–H and O–H groups in total. The molecule has 0 saturated carbocycles. The maximum absolute atomic E-state index is 12.3. The molecule has 3 nitrogen and oxygen atoms in total. The number of hydrogen-bond acceptors (Lipinski definition) is 4. The van der Waals surface area contributed by atoms with E-state index in [1.165, 1.54) is 0 Å². The second-order valence-electron chi connectivity index (χ2n) is 4.67. The van der Waals surface area contributed by atoms with Gasteiger partial charge in [0, 0.05) is 10.2 Å². The summed E-state index contributed by atoms with van der Waals surface area (Å²) in [6, 6.07) is 5.59. The van der Waals surface area contributed by atoms with Crippen molar-refractivity contribution < 1.29 is 9.53 Å². The molecule has 0 spiro atoms. The van der Waals surface area contributed by atoms with E-state index < -0.39 is 5.54 Å². The Balaban J connectivity index is 2.22. The molecule has 0 bridgehead atoms. The van der Waals surface area contributed by atoms with E-state index >= 15 is 0 Å². The van der Waals surface area contributed by atoms with Crippen molar-refractivity contribution in [3.63, 3.8) is 0 Å². The highest BCUT2D eigenvalue weighted by Crippen LogP contribution is 2.34. The van der Waals surface area contributed by atoms with Crippen molar-refractivity contribution in [3.05, 3.63) is 27.7 Å². The molecule has 0 radical (unpaired) electrons. The molecule has 1 fully saturated rings. The molecule has 1 aliphatic rings. The number of thioether (sulfide) groups is 1. The average molecular weight is 379 g/mol. The number of halogens is 2. The van der Waals surface area contributed by atoms with Gasteiger partial charge in [0.2, 0.25) is 0 Å². The van der Waals surface area contributed by atoms with E-state index in [2.05, 4.69) is 21.2 Å². The molecule has 0 aromatic heterocycles. The van der Waals surface area contributed by atoms with Gasteiger partial charge in [-0.25, -0.2) is 4.79 Å². The average Bonchev–Trinajstić information content (AvgIpc) is 2.44. The number of hydrogen-bond donors (Lipinski definition) is 1. The normalized spacial score (nSPS) is 17.6. The molecule has 0 unspecified atom stereocenters. The van der Waals surface area contributed by atoms with Gasteiger partial charge in [0.1, 0.15) is 5.54 Å². The van der Waals surface area contributed by atoms with Gasteiger partial charge in [-0.05, 0) is 65.4 Å². The second kappa shape index (κ2) is 7.05. The lowest BCUT2D eigenvalue weighted by Gasteiger charge is -2.36. The summed E-state index contributed by atoms with van der Waals surface area (Å²) in [5, 5.41) is 4.02. The quantitative estimate of drug-likeness (QED) is 0.791. The van der Waals surface area contributed by atoms with Crippen LogP contribution in [0.3, 0.4) is 0 Å². The van der Waals surface area contributed by atoms with Crippen LogP contribution in [0.1, 0.15) is 19.8 Å². The SMILES string of the molecule is CCOC(=O)C1(Nc2ccc(Cl)c(Br)c2)CCSCC1. The zero-order valence-electron chi connectivity index (χ0n) is 11.2. The standard InChI is InChI=1S/C14H17BrClNO2S/c1-2-19-13(18)14(5-7-20-8-6-14)17-10-3-4-12(16)11(15)9-10/h3-4,9,17H,2,5-8H2,1H3. The van der Waals surface area contributed by atoms with Crippen LogP contribution in [0.4, 0.5) is 5.69 Å². The zero-order valence-corrected chi connectivity index (χ0v) is 14.4. The van der Waals surface area contributed by atoms with Crippen molar-refractivity contribution in [1.29, 1.82) is 0 Å². The lowest BCUT2D eigenvalue weighted by Crippen LogP contribution is -2.50. The Morgan fingerprint density at radius 1 is 1.50 bits per heavy atom. The van der Waals surface area contributed by atoms with Crippen LogP contribution in [-0.4, -0.2) is 29.6 Å². The third-order valence-corrected chi connectivity index (χ3v) is 5.52. The molecule has 0 aliphatic carbocycles. The fourth-order valence-electron chi connectivity index (χ4n) is 2.22. The van der Waals surface area contributed by atoms with E-state index in [0.29, 0.717) is 11.6 Å². The first-order chi connectivity index (χ1) is 9.57. The molecule has 0 atom stereocenters. The molecule has 1 saturated heterocycles. The van der Waals surface area contributed by atoms with E-state index in [9.17, 15) is 4.79 Å². The first-order valence-corrected chi connectivity index (χ1v) is 8.88. The Hall–Kier alpha value is -0.390. The lowest BCUT2D eigenvalue weighted by atomic mass is 9.91. The topological polar surface area (TPSA) is 38.3 Å². The molecular formula is C14H17BrClNO2S. The van der Waals surface area contributed by atoms with E-state index in [1.54, 1.807) is 0 Å². The van der Waals surface area contributed by atoms with Crippen LogP contribution in [0.25, 0.3) is 0 Å². The number of nitrogens with one attached hydrogen (secondary N) is 1. The molecule has 1 aromatic rings. The Bertz CT molecular complexity index is 492. The molecule has 0 amide bonds. The van der Waals surface area contributed by atoms with Gasteiger partial charge in [0.25, 0.3) is 0 Å². The number of benzene rings is 1. The third-order valence-electron chi connectivity index (χ3n) is 3.32. The van der Waals surface area contributed by atoms with Crippen LogP contribution in [-0.2, 0) is 9.53 Å². The van der Waals surface area contributed by atoms with Gasteiger partial charge in [-0.1, -0.05) is 11.6 Å². The monoisotopic (exact) mass is 377 g/mol. The molecular weight excluding hydrogens is 362 g/mol. The lowest BCUT2D eigenvalue weighted by molar-refractivity contribution is -0.148. The second-order valence-corrected chi connectivity index (χ2v) is 7.16. The summed E-state index contributed by atoms with van der Waals surface area (Å²) < 4.78 is 6.08. The van der Waals surface area contributed by atoms with Crippen LogP contribution in [0.15, 0.2) is 22.7 Å². The predicted octanol–water partition coefficient (Wildman–Crippen LogP) is 4.34. The largest absolute Gasteiger partial charge is 0.464 e. The molecule has 2 rings (SSSR count). The number of rotatable bonds is 4. The zero-order chi connectivity index (χ0) is 14.6. The van der Waals surface area contributed by atoms with E-state index in [-0.39, 0.29) is 5.97 Å². The summed E-state index contributed by atoms with van der Waals surface area (Å²) in [5.41, 5.74) is 0.260. The summed E-state index contributed by atoms with van der Waals surface area (Å²) in [4.78, 5) is 12.3. The minimum atomic E-state index is -0.617. The van der Waals surface area contributed by atoms with E-state index in [1.807, 2.05) is 36.9 Å². The summed E-state index contributed by atoms with van der Waals surface area (Å²) in [5.74, 6) is 1.76. The van der Waals surface area contributed by atoms with Crippen LogP contribution >= 0.6 is 39.3 Å². The predicted molar refractivity (Wildman–Crippen MR) is 88.7 cm³/mol. The maximum atomic E-state index is 12.3. The minimum absolute atomic E-state index is 0.161. The molecule has 6 heteroatoms. The highest BCUT2D eigenvalue weighted by Gasteiger charge is 2.41. The van der Waals surface area contributed by atoms with Gasteiger partial charge >= 0.3 is 5.97 Å². The molecule has 1 heterocycles. The summed E-state index contributed by atoms with van der Waals surface area (Å²) in [7, 11) is 0.